The van der Waals surface area contributed by atoms with Crippen molar-refractivity contribution < 1.29 is 9.84 Å². The highest BCUT2D eigenvalue weighted by molar-refractivity contribution is 5.40. The second kappa shape index (κ2) is 5.36. The van der Waals surface area contributed by atoms with Crippen LogP contribution in [0.5, 0.6) is 5.75 Å². The number of rotatable bonds is 3. The Morgan fingerprint density at radius 2 is 2.15 bits per heavy atom. The van der Waals surface area contributed by atoms with Gasteiger partial charge in [-0.05, 0) is 53.8 Å². The third-order valence-corrected chi connectivity index (χ3v) is 3.62. The number of ether oxygens (including phenoxy) is 1. The number of nitriles is 1. The molecule has 0 bridgehead atoms. The first kappa shape index (κ1) is 12.7. The van der Waals surface area contributed by atoms with E-state index in [2.05, 4.69) is 6.07 Å². The Bertz CT molecular complexity index is 673. The van der Waals surface area contributed by atoms with Crippen molar-refractivity contribution in [3.63, 3.8) is 0 Å². The molecule has 3 heteroatoms. The molecule has 20 heavy (non-hydrogen) atoms. The van der Waals surface area contributed by atoms with E-state index in [0.29, 0.717) is 12.2 Å². The van der Waals surface area contributed by atoms with E-state index in [9.17, 15) is 5.11 Å². The second-order valence-electron chi connectivity index (χ2n) is 5.02. The summed E-state index contributed by atoms with van der Waals surface area (Å²) >= 11 is 0. The van der Waals surface area contributed by atoms with Gasteiger partial charge in [-0.2, -0.15) is 5.26 Å². The van der Waals surface area contributed by atoms with Crippen LogP contribution in [-0.4, -0.2) is 5.11 Å². The predicted octanol–water partition coefficient (Wildman–Crippen LogP) is 3.12. The molecule has 1 atom stereocenters. The van der Waals surface area contributed by atoms with E-state index in [-0.39, 0.29) is 6.10 Å². The van der Waals surface area contributed by atoms with Gasteiger partial charge >= 0.3 is 0 Å². The van der Waals surface area contributed by atoms with Gasteiger partial charge in [-0.1, -0.05) is 18.2 Å². The molecule has 0 aromatic heterocycles. The highest BCUT2D eigenvalue weighted by Crippen LogP contribution is 2.33. The lowest BCUT2D eigenvalue weighted by molar-refractivity contribution is 0.180. The first-order valence-electron chi connectivity index (χ1n) is 6.69. The normalized spacial score (nSPS) is 16.5. The van der Waals surface area contributed by atoms with Crippen molar-refractivity contribution in [2.24, 2.45) is 0 Å². The SMILES string of the molecule is N#Cc1cccc(COc2ccc3c(c2)CC[C@@H]3O)c1. The number of nitrogens with zero attached hydrogens (tertiary/aromatic N) is 1. The zero-order valence-corrected chi connectivity index (χ0v) is 11.0. The lowest BCUT2D eigenvalue weighted by Crippen LogP contribution is -1.97. The molecule has 2 aromatic rings. The molecular weight excluding hydrogens is 250 g/mol. The van der Waals surface area contributed by atoms with Crippen molar-refractivity contribution in [2.45, 2.75) is 25.6 Å². The average Bonchev–Trinajstić information content (AvgIpc) is 2.86. The van der Waals surface area contributed by atoms with Crippen molar-refractivity contribution in [1.82, 2.24) is 0 Å². The van der Waals surface area contributed by atoms with Gasteiger partial charge in [0.05, 0.1) is 17.7 Å². The minimum atomic E-state index is -0.327. The lowest BCUT2D eigenvalue weighted by atomic mass is 10.1. The fourth-order valence-corrected chi connectivity index (χ4v) is 2.56. The van der Waals surface area contributed by atoms with Crippen LogP contribution in [0.4, 0.5) is 0 Å². The van der Waals surface area contributed by atoms with Crippen LogP contribution in [0.1, 0.15) is 34.8 Å². The number of aryl methyl sites for hydroxylation is 1. The molecule has 1 aliphatic carbocycles. The van der Waals surface area contributed by atoms with Crippen LogP contribution in [0.3, 0.4) is 0 Å². The molecule has 0 spiro atoms. The quantitative estimate of drug-likeness (QED) is 0.927. The van der Waals surface area contributed by atoms with Gasteiger partial charge in [0.15, 0.2) is 0 Å². The molecule has 2 aromatic carbocycles. The number of aliphatic hydroxyl groups is 1. The van der Waals surface area contributed by atoms with Crippen LogP contribution in [0, 0.1) is 11.3 Å². The summed E-state index contributed by atoms with van der Waals surface area (Å²) in [4.78, 5) is 0. The Morgan fingerprint density at radius 1 is 1.25 bits per heavy atom. The van der Waals surface area contributed by atoms with Gasteiger partial charge in [-0.15, -0.1) is 0 Å². The molecular formula is C17H15NO2. The minimum absolute atomic E-state index is 0.327. The van der Waals surface area contributed by atoms with Crippen molar-refractivity contribution in [2.75, 3.05) is 0 Å². The van der Waals surface area contributed by atoms with Gasteiger partial charge in [-0.3, -0.25) is 0 Å². The Balaban J connectivity index is 1.71. The van der Waals surface area contributed by atoms with Crippen molar-refractivity contribution in [1.29, 1.82) is 5.26 Å². The zero-order valence-electron chi connectivity index (χ0n) is 11.0. The Hall–Kier alpha value is -2.31. The Labute approximate surface area is 118 Å². The van der Waals surface area contributed by atoms with E-state index in [0.717, 1.165) is 29.7 Å². The first-order valence-corrected chi connectivity index (χ1v) is 6.69. The van der Waals surface area contributed by atoms with Gasteiger partial charge in [0.1, 0.15) is 12.4 Å². The number of hydrogen-bond donors (Lipinski definition) is 1. The first-order chi connectivity index (χ1) is 9.76. The van der Waals surface area contributed by atoms with Crippen LogP contribution in [0.25, 0.3) is 0 Å². The summed E-state index contributed by atoms with van der Waals surface area (Å²) < 4.78 is 5.76. The third kappa shape index (κ3) is 2.52. The topological polar surface area (TPSA) is 53.2 Å². The smallest absolute Gasteiger partial charge is 0.120 e. The monoisotopic (exact) mass is 265 g/mol. The number of aliphatic hydroxyl groups excluding tert-OH is 1. The maximum absolute atomic E-state index is 9.77. The second-order valence-corrected chi connectivity index (χ2v) is 5.02. The summed E-state index contributed by atoms with van der Waals surface area (Å²) in [5.74, 6) is 0.806. The molecule has 1 N–H and O–H groups in total. The molecule has 0 saturated heterocycles. The Morgan fingerprint density at radius 3 is 3.00 bits per heavy atom. The fraction of sp³-hybridized carbons (Fsp3) is 0.235. The van der Waals surface area contributed by atoms with E-state index in [1.54, 1.807) is 6.07 Å². The molecule has 0 saturated carbocycles. The van der Waals surface area contributed by atoms with Crippen molar-refractivity contribution in [3.05, 3.63) is 64.7 Å². The maximum Gasteiger partial charge on any atom is 0.120 e. The third-order valence-electron chi connectivity index (χ3n) is 3.62. The molecule has 0 amide bonds. The van der Waals surface area contributed by atoms with Crippen molar-refractivity contribution >= 4 is 0 Å². The summed E-state index contributed by atoms with van der Waals surface area (Å²) in [6.45, 7) is 0.441. The minimum Gasteiger partial charge on any atom is -0.489 e. The summed E-state index contributed by atoms with van der Waals surface area (Å²) in [6.07, 6.45) is 1.37. The largest absolute Gasteiger partial charge is 0.489 e. The number of benzene rings is 2. The van der Waals surface area contributed by atoms with Crippen LogP contribution in [-0.2, 0) is 13.0 Å². The molecule has 3 rings (SSSR count). The van der Waals surface area contributed by atoms with Gasteiger partial charge in [0.2, 0.25) is 0 Å². The predicted molar refractivity (Wildman–Crippen MR) is 75.2 cm³/mol. The fourth-order valence-electron chi connectivity index (χ4n) is 2.56. The van der Waals surface area contributed by atoms with E-state index < -0.39 is 0 Å². The highest BCUT2D eigenvalue weighted by atomic mass is 16.5. The summed E-state index contributed by atoms with van der Waals surface area (Å²) in [7, 11) is 0. The average molecular weight is 265 g/mol. The zero-order chi connectivity index (χ0) is 13.9. The summed E-state index contributed by atoms with van der Waals surface area (Å²) in [5.41, 5.74) is 3.80. The van der Waals surface area contributed by atoms with Crippen LogP contribution in [0.2, 0.25) is 0 Å². The Kier molecular flexibility index (Phi) is 3.41. The molecule has 1 aliphatic rings. The molecule has 0 aliphatic heterocycles. The number of hydrogen-bond acceptors (Lipinski definition) is 3. The van der Waals surface area contributed by atoms with Gasteiger partial charge in [-0.25, -0.2) is 0 Å². The van der Waals surface area contributed by atoms with E-state index in [1.165, 1.54) is 5.56 Å². The molecule has 0 radical (unpaired) electrons. The van der Waals surface area contributed by atoms with E-state index in [4.69, 9.17) is 10.00 Å². The molecule has 3 nitrogen and oxygen atoms in total. The van der Waals surface area contributed by atoms with Gasteiger partial charge in [0.25, 0.3) is 0 Å². The van der Waals surface area contributed by atoms with E-state index >= 15 is 0 Å². The summed E-state index contributed by atoms with van der Waals surface area (Å²) in [6, 6.07) is 15.4. The summed E-state index contributed by atoms with van der Waals surface area (Å²) in [5, 5.41) is 18.6. The molecule has 100 valence electrons. The maximum atomic E-state index is 9.77. The lowest BCUT2D eigenvalue weighted by Gasteiger charge is -2.09. The van der Waals surface area contributed by atoms with Crippen molar-refractivity contribution in [3.8, 4) is 11.8 Å². The molecule has 0 fully saturated rings. The molecule has 0 unspecified atom stereocenters. The van der Waals surface area contributed by atoms with Crippen LogP contribution in [0.15, 0.2) is 42.5 Å². The standard InChI is InChI=1S/C17H15NO2/c18-10-12-2-1-3-13(8-12)11-20-15-5-6-16-14(9-15)4-7-17(16)19/h1-3,5-6,8-9,17,19H,4,7,11H2/t17-/m0/s1. The van der Waals surface area contributed by atoms with Gasteiger partial charge in [0, 0.05) is 0 Å². The highest BCUT2D eigenvalue weighted by Gasteiger charge is 2.20. The van der Waals surface area contributed by atoms with Crippen LogP contribution < -0.4 is 4.74 Å². The molecule has 0 heterocycles. The van der Waals surface area contributed by atoms with Gasteiger partial charge < -0.3 is 9.84 Å². The van der Waals surface area contributed by atoms with E-state index in [1.807, 2.05) is 36.4 Å². The van der Waals surface area contributed by atoms with Crippen LogP contribution >= 0.6 is 0 Å². The number of fused-ring (bicyclic) bond motifs is 1.